The van der Waals surface area contributed by atoms with Crippen LogP contribution < -0.4 is 16.1 Å². The highest BCUT2D eigenvalue weighted by Gasteiger charge is 2.34. The zero-order valence-corrected chi connectivity index (χ0v) is 18.2. The van der Waals surface area contributed by atoms with Crippen LogP contribution in [0.1, 0.15) is 31.4 Å². The molecule has 0 atom stereocenters. The number of benzene rings is 2. The lowest BCUT2D eigenvalue weighted by Crippen LogP contribution is -2.38. The van der Waals surface area contributed by atoms with E-state index in [1.807, 2.05) is 57.2 Å². The maximum atomic E-state index is 12.3. The van der Waals surface area contributed by atoms with Crippen molar-refractivity contribution in [3.8, 4) is 16.9 Å². The molecule has 1 aliphatic rings. The summed E-state index contributed by atoms with van der Waals surface area (Å²) in [6.07, 6.45) is 0.579. The first-order valence-corrected chi connectivity index (χ1v) is 10.0. The molecule has 154 valence electrons. The lowest BCUT2D eigenvalue weighted by Gasteiger charge is -2.35. The second-order valence-corrected chi connectivity index (χ2v) is 8.47. The minimum absolute atomic E-state index is 0.182. The number of ether oxygens (including phenoxy) is 1. The normalized spacial score (nSPS) is 16.2. The first kappa shape index (κ1) is 20.1. The van der Waals surface area contributed by atoms with E-state index in [4.69, 9.17) is 27.1 Å². The highest BCUT2D eigenvalue weighted by atomic mass is 32.1. The van der Waals surface area contributed by atoms with Gasteiger partial charge < -0.3 is 14.9 Å². The van der Waals surface area contributed by atoms with Gasteiger partial charge in [-0.05, 0) is 50.2 Å². The Morgan fingerprint density at radius 1 is 1.20 bits per heavy atom. The summed E-state index contributed by atoms with van der Waals surface area (Å²) in [6.45, 7) is 5.88. The zero-order valence-electron chi connectivity index (χ0n) is 17.4. The molecule has 7 heteroatoms. The second-order valence-electron chi connectivity index (χ2n) is 8.05. The molecule has 2 heterocycles. The van der Waals surface area contributed by atoms with Gasteiger partial charge in [0.2, 0.25) is 0 Å². The van der Waals surface area contributed by atoms with Gasteiger partial charge in [-0.15, -0.1) is 0 Å². The summed E-state index contributed by atoms with van der Waals surface area (Å²) >= 11 is 5.06. The van der Waals surface area contributed by atoms with E-state index in [9.17, 15) is 4.79 Å². The Morgan fingerprint density at radius 2 is 1.90 bits per heavy atom. The van der Waals surface area contributed by atoms with Crippen molar-refractivity contribution in [1.29, 1.82) is 0 Å². The molecule has 1 aromatic heterocycles. The topological polar surface area (TPSA) is 81.1 Å². The Hall–Kier alpha value is -3.19. The molecule has 0 spiro atoms. The van der Waals surface area contributed by atoms with Gasteiger partial charge in [-0.1, -0.05) is 30.3 Å². The third-order valence-electron chi connectivity index (χ3n) is 5.17. The van der Waals surface area contributed by atoms with Crippen molar-refractivity contribution >= 4 is 34.0 Å². The van der Waals surface area contributed by atoms with E-state index in [0.29, 0.717) is 17.8 Å². The quantitative estimate of drug-likeness (QED) is 0.379. The fourth-order valence-electron chi connectivity index (χ4n) is 3.77. The molecule has 1 aliphatic heterocycles. The Labute approximate surface area is 179 Å². The third kappa shape index (κ3) is 3.57. The van der Waals surface area contributed by atoms with Crippen LogP contribution in [0, 0.1) is 6.92 Å². The Morgan fingerprint density at radius 3 is 2.57 bits per heavy atom. The number of aryl methyl sites for hydroxylation is 1. The number of thiocarbonyl (C=S) groups is 1. The fourth-order valence-corrected chi connectivity index (χ4v) is 3.81. The molecule has 3 aromatic rings. The smallest absolute Gasteiger partial charge is 0.336 e. The van der Waals surface area contributed by atoms with Gasteiger partial charge >= 0.3 is 5.63 Å². The number of fused-ring (bicyclic) bond motifs is 2. The van der Waals surface area contributed by atoms with Crippen LogP contribution in [0.5, 0.6) is 5.75 Å². The van der Waals surface area contributed by atoms with Gasteiger partial charge in [0.15, 0.2) is 5.11 Å². The molecule has 0 amide bonds. The summed E-state index contributed by atoms with van der Waals surface area (Å²) < 4.78 is 11.9. The summed E-state index contributed by atoms with van der Waals surface area (Å²) in [5.74, 6) is 0.655. The van der Waals surface area contributed by atoms with Crippen LogP contribution in [0.3, 0.4) is 0 Å². The summed E-state index contributed by atoms with van der Waals surface area (Å²) in [5, 5.41) is 7.14. The van der Waals surface area contributed by atoms with Gasteiger partial charge in [-0.3, -0.25) is 0 Å². The predicted octanol–water partition coefficient (Wildman–Crippen LogP) is 4.21. The van der Waals surface area contributed by atoms with Crippen molar-refractivity contribution in [3.63, 3.8) is 0 Å². The monoisotopic (exact) mass is 421 g/mol. The molecule has 0 unspecified atom stereocenters. The molecule has 0 saturated carbocycles. The molecule has 6 nitrogen and oxygen atoms in total. The summed E-state index contributed by atoms with van der Waals surface area (Å²) in [5.41, 5.74) is 9.53. The minimum Gasteiger partial charge on any atom is -0.486 e. The summed E-state index contributed by atoms with van der Waals surface area (Å²) in [7, 11) is 1.72. The molecule has 0 fully saturated rings. The third-order valence-corrected chi connectivity index (χ3v) is 5.44. The lowest BCUT2D eigenvalue weighted by molar-refractivity contribution is 0.110. The average Bonchev–Trinajstić information content (AvgIpc) is 2.69. The second kappa shape index (κ2) is 7.25. The highest BCUT2D eigenvalue weighted by molar-refractivity contribution is 7.80. The van der Waals surface area contributed by atoms with Crippen LogP contribution in [0.15, 0.2) is 56.8 Å². The Bertz CT molecular complexity index is 1250. The van der Waals surface area contributed by atoms with Gasteiger partial charge in [0.05, 0.1) is 5.71 Å². The van der Waals surface area contributed by atoms with Crippen molar-refractivity contribution in [2.75, 3.05) is 7.05 Å². The molecular formula is C23H23N3O3S. The first-order chi connectivity index (χ1) is 14.2. The molecule has 2 N–H and O–H groups in total. The van der Waals surface area contributed by atoms with Crippen molar-refractivity contribution in [2.24, 2.45) is 10.8 Å². The highest BCUT2D eigenvalue weighted by Crippen LogP contribution is 2.41. The van der Waals surface area contributed by atoms with Crippen molar-refractivity contribution < 1.29 is 9.15 Å². The maximum Gasteiger partial charge on any atom is 0.336 e. The van der Waals surface area contributed by atoms with E-state index in [-0.39, 0.29) is 5.11 Å². The average molecular weight is 422 g/mol. The van der Waals surface area contributed by atoms with Crippen molar-refractivity contribution in [2.45, 2.75) is 32.8 Å². The number of rotatable bonds is 2. The van der Waals surface area contributed by atoms with Gasteiger partial charge in [0.1, 0.15) is 16.9 Å². The zero-order chi connectivity index (χ0) is 21.6. The molecule has 0 radical (unpaired) electrons. The summed E-state index contributed by atoms with van der Waals surface area (Å²) in [4.78, 5) is 12.3. The molecular weight excluding hydrogens is 398 g/mol. The number of hydrogen-bond donors (Lipinski definition) is 1. The van der Waals surface area contributed by atoms with E-state index in [1.54, 1.807) is 7.05 Å². The van der Waals surface area contributed by atoms with E-state index in [2.05, 4.69) is 5.10 Å². The van der Waals surface area contributed by atoms with Crippen molar-refractivity contribution in [1.82, 2.24) is 5.01 Å². The minimum atomic E-state index is -0.487. The van der Waals surface area contributed by atoms with Crippen LogP contribution in [0.2, 0.25) is 0 Å². The van der Waals surface area contributed by atoms with Crippen LogP contribution in [-0.4, -0.2) is 28.5 Å². The Kier molecular flexibility index (Phi) is 4.86. The number of nitrogens with two attached hydrogens (primary N) is 1. The molecule has 2 aromatic carbocycles. The van der Waals surface area contributed by atoms with Gasteiger partial charge in [-0.2, -0.15) is 5.10 Å². The predicted molar refractivity (Wildman–Crippen MR) is 123 cm³/mol. The SMILES string of the molecule is Cc1c2c(cc3c(-c4ccccc4)cc(=O)oc13)C(=NN(C)C(N)=S)CC(C)(C)O2. The molecule has 0 saturated heterocycles. The fraction of sp³-hybridized carbons (Fsp3) is 0.261. The van der Waals surface area contributed by atoms with E-state index in [0.717, 1.165) is 33.4 Å². The van der Waals surface area contributed by atoms with Crippen molar-refractivity contribution in [3.05, 3.63) is 64.0 Å². The largest absolute Gasteiger partial charge is 0.486 e. The molecule has 30 heavy (non-hydrogen) atoms. The summed E-state index contributed by atoms with van der Waals surface area (Å²) in [6, 6.07) is 13.3. The maximum absolute atomic E-state index is 12.3. The first-order valence-electron chi connectivity index (χ1n) is 9.63. The van der Waals surface area contributed by atoms with Crippen LogP contribution in [0.25, 0.3) is 22.1 Å². The Balaban J connectivity index is 2.06. The van der Waals surface area contributed by atoms with Gasteiger partial charge in [0, 0.05) is 36.0 Å². The van der Waals surface area contributed by atoms with E-state index >= 15 is 0 Å². The number of hydrogen-bond acceptors (Lipinski definition) is 5. The molecule has 0 bridgehead atoms. The van der Waals surface area contributed by atoms with Gasteiger partial charge in [0.25, 0.3) is 0 Å². The molecule has 0 aliphatic carbocycles. The number of hydrazone groups is 1. The molecule has 4 rings (SSSR count). The van der Waals surface area contributed by atoms with E-state index in [1.165, 1.54) is 11.1 Å². The van der Waals surface area contributed by atoms with Crippen LogP contribution >= 0.6 is 12.2 Å². The lowest BCUT2D eigenvalue weighted by atomic mass is 9.88. The van der Waals surface area contributed by atoms with E-state index < -0.39 is 11.2 Å². The van der Waals surface area contributed by atoms with Crippen LogP contribution in [-0.2, 0) is 0 Å². The van der Waals surface area contributed by atoms with Crippen LogP contribution in [0.4, 0.5) is 0 Å². The number of nitrogens with zero attached hydrogens (tertiary/aromatic N) is 2. The van der Waals surface area contributed by atoms with Gasteiger partial charge in [-0.25, -0.2) is 9.80 Å². The standard InChI is InChI=1S/C23H23N3O3S/c1-13-20-16(15(11-19(27)28-20)14-8-6-5-7-9-14)10-17-18(25-26(4)22(24)30)12-23(2,3)29-21(13)17/h5-11H,12H2,1-4H3,(H2,24,30).